The number of aromatic nitrogens is 2. The maximum atomic E-state index is 5.40. The SMILES string of the molecule is CC1(C)c2ccccc2-c2cc(-c3ccccc3-c3cc(-c4cc(-c5cccc(-c6ccccc6)c5)cc(-c5ccc6sc7ccccc7c6c5)c4)nc(-c4ccccc4)n3)ccc21. The Morgan fingerprint density at radius 3 is 1.66 bits per heavy atom. The van der Waals surface area contributed by atoms with Gasteiger partial charge in [0.2, 0.25) is 0 Å². The lowest BCUT2D eigenvalue weighted by atomic mass is 9.82. The van der Waals surface area contributed by atoms with Crippen molar-refractivity contribution in [3.63, 3.8) is 0 Å². The minimum atomic E-state index is -0.0599. The van der Waals surface area contributed by atoms with Crippen LogP contribution in [0, 0.1) is 0 Å². The van der Waals surface area contributed by atoms with E-state index in [1.54, 1.807) is 0 Å². The first-order valence-electron chi connectivity index (χ1n) is 22.0. The van der Waals surface area contributed by atoms with Crippen LogP contribution in [-0.4, -0.2) is 9.97 Å². The van der Waals surface area contributed by atoms with E-state index < -0.39 is 0 Å². The van der Waals surface area contributed by atoms with Gasteiger partial charge in [0.05, 0.1) is 11.4 Å². The van der Waals surface area contributed by atoms with Crippen molar-refractivity contribution in [3.05, 3.63) is 230 Å². The molecule has 0 atom stereocenters. The van der Waals surface area contributed by atoms with E-state index in [4.69, 9.17) is 9.97 Å². The largest absolute Gasteiger partial charge is 0.228 e. The van der Waals surface area contributed by atoms with Crippen LogP contribution in [0.25, 0.3) is 110 Å². The summed E-state index contributed by atoms with van der Waals surface area (Å²) in [5.41, 5.74) is 19.4. The molecule has 0 bridgehead atoms. The quantitative estimate of drug-likeness (QED) is 0.160. The smallest absolute Gasteiger partial charge is 0.160 e. The van der Waals surface area contributed by atoms with Crippen LogP contribution in [0.5, 0.6) is 0 Å². The summed E-state index contributed by atoms with van der Waals surface area (Å²) in [7, 11) is 0. The van der Waals surface area contributed by atoms with Crippen LogP contribution in [0.2, 0.25) is 0 Å². The van der Waals surface area contributed by atoms with Crippen LogP contribution in [-0.2, 0) is 5.41 Å². The van der Waals surface area contributed by atoms with E-state index in [1.807, 2.05) is 17.4 Å². The zero-order chi connectivity index (χ0) is 42.8. The van der Waals surface area contributed by atoms with Crippen molar-refractivity contribution >= 4 is 31.5 Å². The molecule has 11 aromatic rings. The number of thiophene rings is 1. The third-order valence-electron chi connectivity index (χ3n) is 13.1. The lowest BCUT2D eigenvalue weighted by molar-refractivity contribution is 0.660. The van der Waals surface area contributed by atoms with Gasteiger partial charge in [-0.1, -0.05) is 178 Å². The van der Waals surface area contributed by atoms with Gasteiger partial charge < -0.3 is 0 Å². The molecule has 0 saturated heterocycles. The Balaban J connectivity index is 1.06. The fourth-order valence-electron chi connectivity index (χ4n) is 9.82. The normalized spacial score (nSPS) is 12.7. The average molecular weight is 835 g/mol. The van der Waals surface area contributed by atoms with Gasteiger partial charge >= 0.3 is 0 Å². The van der Waals surface area contributed by atoms with E-state index >= 15 is 0 Å². The highest BCUT2D eigenvalue weighted by molar-refractivity contribution is 7.25. The predicted octanol–water partition coefficient (Wildman–Crippen LogP) is 16.8. The molecule has 2 aromatic heterocycles. The molecule has 1 aliphatic rings. The van der Waals surface area contributed by atoms with Gasteiger partial charge in [0.1, 0.15) is 0 Å². The first-order chi connectivity index (χ1) is 31.4. The second-order valence-corrected chi connectivity index (χ2v) is 18.4. The first-order valence-corrected chi connectivity index (χ1v) is 22.8. The molecule has 9 aromatic carbocycles. The number of nitrogens with zero attached hydrogens (tertiary/aromatic N) is 2. The van der Waals surface area contributed by atoms with Crippen molar-refractivity contribution < 1.29 is 0 Å². The molecule has 0 N–H and O–H groups in total. The summed E-state index contributed by atoms with van der Waals surface area (Å²) in [6, 6.07) is 79.2. The zero-order valence-corrected chi connectivity index (χ0v) is 36.4. The lowest BCUT2D eigenvalue weighted by Gasteiger charge is -2.21. The van der Waals surface area contributed by atoms with E-state index in [0.29, 0.717) is 5.82 Å². The van der Waals surface area contributed by atoms with Gasteiger partial charge in [-0.2, -0.15) is 0 Å². The zero-order valence-electron chi connectivity index (χ0n) is 35.6. The Hall–Kier alpha value is -7.72. The Morgan fingerprint density at radius 1 is 0.312 bits per heavy atom. The fraction of sp³-hybridized carbons (Fsp3) is 0.0492. The molecule has 2 heterocycles. The summed E-state index contributed by atoms with van der Waals surface area (Å²) >= 11 is 1.85. The van der Waals surface area contributed by atoms with Crippen LogP contribution in [0.4, 0.5) is 0 Å². The summed E-state index contributed by atoms with van der Waals surface area (Å²) in [4.78, 5) is 10.8. The predicted molar refractivity (Wildman–Crippen MR) is 271 cm³/mol. The second kappa shape index (κ2) is 15.3. The van der Waals surface area contributed by atoms with Crippen LogP contribution >= 0.6 is 11.3 Å². The number of hydrogen-bond donors (Lipinski definition) is 0. The average Bonchev–Trinajstić information content (AvgIpc) is 3.85. The monoisotopic (exact) mass is 834 g/mol. The molecular weight excluding hydrogens is 793 g/mol. The van der Waals surface area contributed by atoms with E-state index in [2.05, 4.69) is 226 Å². The van der Waals surface area contributed by atoms with Crippen molar-refractivity contribution in [2.75, 3.05) is 0 Å². The molecule has 12 rings (SSSR count). The van der Waals surface area contributed by atoms with Crippen LogP contribution in [0.1, 0.15) is 25.0 Å². The van der Waals surface area contributed by atoms with Crippen LogP contribution in [0.3, 0.4) is 0 Å². The van der Waals surface area contributed by atoms with Gasteiger partial charge in [-0.15, -0.1) is 11.3 Å². The van der Waals surface area contributed by atoms with Crippen molar-refractivity contribution in [2.24, 2.45) is 0 Å². The molecule has 64 heavy (non-hydrogen) atoms. The van der Waals surface area contributed by atoms with Gasteiger partial charge in [-0.25, -0.2) is 9.97 Å². The van der Waals surface area contributed by atoms with Gasteiger partial charge in [0.15, 0.2) is 5.82 Å². The standard InChI is InChI=1S/C61H42N2S/c1-61(2)54-26-13-11-23-49(54)52-37-44(28-30-55(52)61)48-22-9-10-24-50(48)57-38-56(62-60(63-57)40-18-7-4-8-19-40)47-34-45(42-21-15-20-41(32-42)39-16-5-3-6-17-39)33-46(35-47)43-29-31-59-53(36-43)51-25-12-14-27-58(51)64-59/h3-38H,1-2H3. The molecule has 0 spiro atoms. The molecule has 0 saturated carbocycles. The van der Waals surface area contributed by atoms with Crippen molar-refractivity contribution in [1.29, 1.82) is 0 Å². The maximum absolute atomic E-state index is 5.40. The van der Waals surface area contributed by atoms with Crippen molar-refractivity contribution in [2.45, 2.75) is 19.3 Å². The minimum absolute atomic E-state index is 0.0599. The summed E-state index contributed by atoms with van der Waals surface area (Å²) in [6.45, 7) is 4.67. The molecule has 0 unspecified atom stereocenters. The van der Waals surface area contributed by atoms with E-state index in [0.717, 1.165) is 50.3 Å². The molecule has 0 radical (unpaired) electrons. The second-order valence-electron chi connectivity index (χ2n) is 17.4. The number of rotatable bonds is 7. The first kappa shape index (κ1) is 38.0. The van der Waals surface area contributed by atoms with E-state index in [9.17, 15) is 0 Å². The van der Waals surface area contributed by atoms with Gasteiger partial charge in [0.25, 0.3) is 0 Å². The topological polar surface area (TPSA) is 25.8 Å². The Labute approximate surface area is 377 Å². The summed E-state index contributed by atoms with van der Waals surface area (Å²) < 4.78 is 2.59. The summed E-state index contributed by atoms with van der Waals surface area (Å²) in [6.07, 6.45) is 0. The molecule has 302 valence electrons. The molecule has 0 fully saturated rings. The molecule has 2 nitrogen and oxygen atoms in total. The number of fused-ring (bicyclic) bond motifs is 6. The van der Waals surface area contributed by atoms with Gasteiger partial charge in [-0.3, -0.25) is 0 Å². The van der Waals surface area contributed by atoms with Crippen molar-refractivity contribution in [3.8, 4) is 89.5 Å². The number of hydrogen-bond acceptors (Lipinski definition) is 3. The minimum Gasteiger partial charge on any atom is -0.228 e. The third-order valence-corrected chi connectivity index (χ3v) is 14.2. The molecular formula is C61H42N2S. The van der Waals surface area contributed by atoms with Gasteiger partial charge in [-0.05, 0) is 121 Å². The lowest BCUT2D eigenvalue weighted by Crippen LogP contribution is -2.14. The van der Waals surface area contributed by atoms with Crippen LogP contribution < -0.4 is 0 Å². The molecule has 0 amide bonds. The molecule has 0 aliphatic heterocycles. The molecule has 3 heteroatoms. The van der Waals surface area contributed by atoms with Crippen molar-refractivity contribution in [1.82, 2.24) is 9.97 Å². The molecule has 1 aliphatic carbocycles. The van der Waals surface area contributed by atoms with Gasteiger partial charge in [0, 0.05) is 42.3 Å². The highest BCUT2D eigenvalue weighted by Gasteiger charge is 2.35. The number of benzene rings is 9. The van der Waals surface area contributed by atoms with E-state index in [1.165, 1.54) is 64.7 Å². The Kier molecular flexibility index (Phi) is 9.06. The summed E-state index contributed by atoms with van der Waals surface area (Å²) in [5.74, 6) is 0.691. The highest BCUT2D eigenvalue weighted by Crippen LogP contribution is 2.50. The summed E-state index contributed by atoms with van der Waals surface area (Å²) in [5, 5.41) is 2.57. The van der Waals surface area contributed by atoms with Crippen LogP contribution in [0.15, 0.2) is 218 Å². The highest BCUT2D eigenvalue weighted by atomic mass is 32.1. The fourth-order valence-corrected chi connectivity index (χ4v) is 10.9. The maximum Gasteiger partial charge on any atom is 0.160 e. The Bertz CT molecular complexity index is 3580. The third kappa shape index (κ3) is 6.56. The van der Waals surface area contributed by atoms with E-state index in [-0.39, 0.29) is 5.41 Å². The Morgan fingerprint density at radius 2 is 0.859 bits per heavy atom.